The van der Waals surface area contributed by atoms with Gasteiger partial charge in [0.15, 0.2) is 5.75 Å². The van der Waals surface area contributed by atoms with Gasteiger partial charge in [0.1, 0.15) is 0 Å². The van der Waals surface area contributed by atoms with E-state index in [4.69, 9.17) is 16.3 Å². The standard InChI is InChI=1S/C13H14BrClN2OS/c1-3-18-13-11(14)4-9(15)5-12(13)17-7-10-6-16-8(2)19-10/h4-6,17H,3,7H2,1-2H3. The van der Waals surface area contributed by atoms with Crippen LogP contribution in [-0.4, -0.2) is 11.6 Å². The molecule has 2 rings (SSSR count). The van der Waals surface area contributed by atoms with Crippen molar-refractivity contribution in [3.63, 3.8) is 0 Å². The van der Waals surface area contributed by atoms with E-state index in [0.29, 0.717) is 18.2 Å². The molecule has 1 aromatic heterocycles. The number of aryl methyl sites for hydroxylation is 1. The van der Waals surface area contributed by atoms with Crippen LogP contribution in [0.25, 0.3) is 0 Å². The van der Waals surface area contributed by atoms with Crippen LogP contribution in [0.5, 0.6) is 5.75 Å². The van der Waals surface area contributed by atoms with Gasteiger partial charge in [-0.15, -0.1) is 11.3 Å². The van der Waals surface area contributed by atoms with Crippen molar-refractivity contribution in [3.05, 3.63) is 37.7 Å². The van der Waals surface area contributed by atoms with Gasteiger partial charge in [0.25, 0.3) is 0 Å². The van der Waals surface area contributed by atoms with Crippen molar-refractivity contribution < 1.29 is 4.74 Å². The van der Waals surface area contributed by atoms with E-state index in [2.05, 4.69) is 26.2 Å². The molecule has 0 aliphatic heterocycles. The minimum absolute atomic E-state index is 0.606. The maximum Gasteiger partial charge on any atom is 0.156 e. The number of nitrogens with one attached hydrogen (secondary N) is 1. The first kappa shape index (κ1) is 14.6. The minimum Gasteiger partial charge on any atom is -0.491 e. The van der Waals surface area contributed by atoms with E-state index >= 15 is 0 Å². The summed E-state index contributed by atoms with van der Waals surface area (Å²) >= 11 is 11.2. The molecule has 0 unspecified atom stereocenters. The van der Waals surface area contributed by atoms with Crippen LogP contribution in [-0.2, 0) is 6.54 Å². The maximum atomic E-state index is 6.07. The summed E-state index contributed by atoms with van der Waals surface area (Å²) in [5.41, 5.74) is 0.882. The number of nitrogens with zero attached hydrogens (tertiary/aromatic N) is 1. The Kier molecular flexibility index (Phi) is 5.07. The molecule has 0 radical (unpaired) electrons. The zero-order chi connectivity index (χ0) is 13.8. The molecule has 0 fully saturated rings. The van der Waals surface area contributed by atoms with Crippen molar-refractivity contribution in [3.8, 4) is 5.75 Å². The summed E-state index contributed by atoms with van der Waals surface area (Å²) in [4.78, 5) is 5.41. The number of rotatable bonds is 5. The molecule has 1 N–H and O–H groups in total. The predicted molar refractivity (Wildman–Crippen MR) is 84.5 cm³/mol. The Morgan fingerprint density at radius 2 is 2.26 bits per heavy atom. The van der Waals surface area contributed by atoms with E-state index in [1.54, 1.807) is 11.3 Å². The van der Waals surface area contributed by atoms with Gasteiger partial charge in [-0.3, -0.25) is 0 Å². The third-order valence-corrected chi connectivity index (χ3v) is 4.14. The van der Waals surface area contributed by atoms with Gasteiger partial charge in [-0.25, -0.2) is 4.98 Å². The fraction of sp³-hybridized carbons (Fsp3) is 0.308. The lowest BCUT2D eigenvalue weighted by Gasteiger charge is -2.14. The number of hydrogen-bond donors (Lipinski definition) is 1. The van der Waals surface area contributed by atoms with Crippen molar-refractivity contribution in [1.29, 1.82) is 0 Å². The summed E-state index contributed by atoms with van der Waals surface area (Å²) < 4.78 is 6.49. The van der Waals surface area contributed by atoms with Crippen molar-refractivity contribution in [2.75, 3.05) is 11.9 Å². The molecule has 0 saturated heterocycles. The van der Waals surface area contributed by atoms with Crippen molar-refractivity contribution in [1.82, 2.24) is 4.98 Å². The third kappa shape index (κ3) is 3.84. The molecule has 0 aliphatic rings. The van der Waals surface area contributed by atoms with E-state index in [9.17, 15) is 0 Å². The van der Waals surface area contributed by atoms with E-state index in [1.165, 1.54) is 4.88 Å². The quantitative estimate of drug-likeness (QED) is 0.824. The molecule has 0 amide bonds. The Bertz CT molecular complexity index is 574. The summed E-state index contributed by atoms with van der Waals surface area (Å²) in [6.45, 7) is 5.26. The van der Waals surface area contributed by atoms with Gasteiger partial charge in [-0.05, 0) is 41.9 Å². The molecule has 0 spiro atoms. The van der Waals surface area contributed by atoms with Crippen molar-refractivity contribution in [2.24, 2.45) is 0 Å². The summed E-state index contributed by atoms with van der Waals surface area (Å²) in [5.74, 6) is 0.785. The van der Waals surface area contributed by atoms with Crippen LogP contribution in [0, 0.1) is 6.92 Å². The van der Waals surface area contributed by atoms with Crippen LogP contribution in [0.3, 0.4) is 0 Å². The Morgan fingerprint density at radius 1 is 1.47 bits per heavy atom. The van der Waals surface area contributed by atoms with Gasteiger partial charge in [0, 0.05) is 16.1 Å². The van der Waals surface area contributed by atoms with Gasteiger partial charge >= 0.3 is 0 Å². The van der Waals surface area contributed by atoms with E-state index in [-0.39, 0.29) is 0 Å². The zero-order valence-electron chi connectivity index (χ0n) is 10.7. The highest BCUT2D eigenvalue weighted by atomic mass is 79.9. The molecule has 0 bridgehead atoms. The van der Waals surface area contributed by atoms with Gasteiger partial charge in [-0.2, -0.15) is 0 Å². The molecule has 0 aliphatic carbocycles. The molecule has 2 aromatic rings. The first-order valence-electron chi connectivity index (χ1n) is 5.87. The topological polar surface area (TPSA) is 34.1 Å². The van der Waals surface area contributed by atoms with Gasteiger partial charge in [0.05, 0.1) is 28.3 Å². The van der Waals surface area contributed by atoms with Crippen LogP contribution in [0.2, 0.25) is 5.02 Å². The summed E-state index contributed by atoms with van der Waals surface area (Å²) in [6, 6.07) is 3.69. The fourth-order valence-corrected chi connectivity index (χ4v) is 3.31. The second-order valence-corrected chi connectivity index (χ2v) is 6.51. The summed E-state index contributed by atoms with van der Waals surface area (Å²) in [7, 11) is 0. The molecule has 3 nitrogen and oxygen atoms in total. The lowest BCUT2D eigenvalue weighted by molar-refractivity contribution is 0.339. The molecular weight excluding hydrogens is 348 g/mol. The SMILES string of the molecule is CCOc1c(Br)cc(Cl)cc1NCc1cnc(C)s1. The van der Waals surface area contributed by atoms with E-state index in [1.807, 2.05) is 32.2 Å². The average Bonchev–Trinajstić information content (AvgIpc) is 2.76. The molecule has 1 heterocycles. The molecule has 6 heteroatoms. The second-order valence-electron chi connectivity index (χ2n) is 3.90. The highest BCUT2D eigenvalue weighted by Crippen LogP contribution is 2.37. The van der Waals surface area contributed by atoms with Gasteiger partial charge < -0.3 is 10.1 Å². The molecule has 0 atom stereocenters. The minimum atomic E-state index is 0.606. The van der Waals surface area contributed by atoms with Crippen molar-refractivity contribution in [2.45, 2.75) is 20.4 Å². The van der Waals surface area contributed by atoms with Crippen LogP contribution >= 0.6 is 38.9 Å². The second kappa shape index (κ2) is 6.59. The average molecular weight is 362 g/mol. The highest BCUT2D eigenvalue weighted by Gasteiger charge is 2.10. The Morgan fingerprint density at radius 3 is 2.89 bits per heavy atom. The number of thiazole rings is 1. The Balaban J connectivity index is 2.18. The number of halogens is 2. The number of aromatic nitrogens is 1. The lowest BCUT2D eigenvalue weighted by atomic mass is 10.3. The zero-order valence-corrected chi connectivity index (χ0v) is 13.8. The van der Waals surface area contributed by atoms with Crippen molar-refractivity contribution >= 4 is 44.6 Å². The smallest absolute Gasteiger partial charge is 0.156 e. The van der Waals surface area contributed by atoms with E-state index < -0.39 is 0 Å². The first-order chi connectivity index (χ1) is 9.10. The van der Waals surface area contributed by atoms with Crippen LogP contribution < -0.4 is 10.1 Å². The Labute approximate surface area is 130 Å². The summed E-state index contributed by atoms with van der Waals surface area (Å²) in [5, 5.41) is 5.07. The number of anilines is 1. The van der Waals surface area contributed by atoms with Crippen LogP contribution in [0.4, 0.5) is 5.69 Å². The number of benzene rings is 1. The van der Waals surface area contributed by atoms with Gasteiger partial charge in [-0.1, -0.05) is 11.6 Å². The molecule has 102 valence electrons. The molecule has 19 heavy (non-hydrogen) atoms. The van der Waals surface area contributed by atoms with E-state index in [0.717, 1.165) is 20.9 Å². The number of hydrogen-bond acceptors (Lipinski definition) is 4. The third-order valence-electron chi connectivity index (χ3n) is 2.42. The monoisotopic (exact) mass is 360 g/mol. The summed E-state index contributed by atoms with van der Waals surface area (Å²) in [6.07, 6.45) is 1.88. The fourth-order valence-electron chi connectivity index (χ4n) is 1.65. The maximum absolute atomic E-state index is 6.07. The molecular formula is C13H14BrClN2OS. The molecule has 0 saturated carbocycles. The lowest BCUT2D eigenvalue weighted by Crippen LogP contribution is -2.02. The number of ether oxygens (including phenoxy) is 1. The first-order valence-corrected chi connectivity index (χ1v) is 7.86. The molecule has 1 aromatic carbocycles. The predicted octanol–water partition coefficient (Wildman–Crippen LogP) is 4.88. The highest BCUT2D eigenvalue weighted by molar-refractivity contribution is 9.10. The largest absolute Gasteiger partial charge is 0.491 e. The Hall–Kier alpha value is -0.780. The van der Waals surface area contributed by atoms with Crippen LogP contribution in [0.15, 0.2) is 22.8 Å². The van der Waals surface area contributed by atoms with Gasteiger partial charge in [0.2, 0.25) is 0 Å². The normalized spacial score (nSPS) is 10.5. The van der Waals surface area contributed by atoms with Crippen LogP contribution in [0.1, 0.15) is 16.8 Å².